The lowest BCUT2D eigenvalue weighted by Gasteiger charge is -2.06. The van der Waals surface area contributed by atoms with Gasteiger partial charge >= 0.3 is 5.97 Å². The summed E-state index contributed by atoms with van der Waals surface area (Å²) in [6, 6.07) is 7.23. The number of carbonyl (C=O) groups excluding carboxylic acids is 2. The minimum atomic E-state index is -0.373. The summed E-state index contributed by atoms with van der Waals surface area (Å²) in [5.41, 5.74) is 1.56. The molecule has 1 aromatic carbocycles. The Morgan fingerprint density at radius 2 is 2.04 bits per heavy atom. The number of thioether (sulfide) groups is 1. The van der Waals surface area contributed by atoms with Crippen LogP contribution in [0.25, 0.3) is 6.08 Å². The molecular weight excluding hydrogens is 338 g/mol. The lowest BCUT2D eigenvalue weighted by molar-refractivity contribution is -0.137. The number of nitrogens with zero attached hydrogens (tertiary/aromatic N) is 2. The monoisotopic (exact) mass is 359 g/mol. The molecule has 1 N–H and O–H groups in total. The number of ether oxygens (including phenoxy) is 1. The van der Waals surface area contributed by atoms with Gasteiger partial charge in [0.1, 0.15) is 0 Å². The van der Waals surface area contributed by atoms with Gasteiger partial charge in [-0.3, -0.25) is 4.79 Å². The Morgan fingerprint density at radius 1 is 1.28 bits per heavy atom. The van der Waals surface area contributed by atoms with Crippen LogP contribution < -0.4 is 5.32 Å². The van der Waals surface area contributed by atoms with Crippen LogP contribution >= 0.6 is 11.8 Å². The van der Waals surface area contributed by atoms with E-state index in [-0.39, 0.29) is 11.9 Å². The van der Waals surface area contributed by atoms with Crippen molar-refractivity contribution >= 4 is 35.4 Å². The molecular formula is C18H21N3O3S. The third kappa shape index (κ3) is 6.11. The smallest absolute Gasteiger partial charge is 0.330 e. The van der Waals surface area contributed by atoms with Crippen LogP contribution in [0.4, 0.5) is 5.69 Å². The van der Waals surface area contributed by atoms with E-state index in [0.717, 1.165) is 17.3 Å². The van der Waals surface area contributed by atoms with Gasteiger partial charge in [-0.05, 0) is 37.6 Å². The van der Waals surface area contributed by atoms with E-state index in [1.165, 1.54) is 17.8 Å². The molecule has 2 aromatic rings. The lowest BCUT2D eigenvalue weighted by atomic mass is 10.2. The molecule has 0 saturated carbocycles. The fourth-order valence-corrected chi connectivity index (χ4v) is 2.86. The highest BCUT2D eigenvalue weighted by atomic mass is 32.2. The largest absolute Gasteiger partial charge is 0.463 e. The molecule has 1 heterocycles. The fraction of sp³-hybridized carbons (Fsp3) is 0.278. The summed E-state index contributed by atoms with van der Waals surface area (Å²) in [5.74, 6) is -0.172. The maximum absolute atomic E-state index is 12.0. The van der Waals surface area contributed by atoms with Crippen LogP contribution in [0.1, 0.15) is 19.4 Å². The van der Waals surface area contributed by atoms with Crippen LogP contribution in [0.3, 0.4) is 0 Å². The first-order chi connectivity index (χ1) is 12.1. The molecule has 0 aliphatic heterocycles. The van der Waals surface area contributed by atoms with Crippen molar-refractivity contribution in [3.63, 3.8) is 0 Å². The van der Waals surface area contributed by atoms with E-state index in [0.29, 0.717) is 18.0 Å². The molecule has 0 saturated heterocycles. The van der Waals surface area contributed by atoms with E-state index in [4.69, 9.17) is 4.74 Å². The fourth-order valence-electron chi connectivity index (χ4n) is 2.04. The van der Waals surface area contributed by atoms with E-state index in [1.54, 1.807) is 31.3 Å². The number of amides is 1. The quantitative estimate of drug-likeness (QED) is 0.445. The average Bonchev–Trinajstić information content (AvgIpc) is 3.07. The van der Waals surface area contributed by atoms with Crippen LogP contribution in [0, 0.1) is 0 Å². The number of anilines is 1. The van der Waals surface area contributed by atoms with E-state index in [9.17, 15) is 9.59 Å². The zero-order valence-corrected chi connectivity index (χ0v) is 15.1. The molecule has 1 amide bonds. The van der Waals surface area contributed by atoms with Gasteiger partial charge in [0.2, 0.25) is 5.91 Å². The highest BCUT2D eigenvalue weighted by molar-refractivity contribution is 7.99. The molecule has 7 heteroatoms. The van der Waals surface area contributed by atoms with Crippen molar-refractivity contribution in [3.05, 3.63) is 48.3 Å². The normalized spacial score (nSPS) is 10.8. The Bertz CT molecular complexity index is 738. The number of carbonyl (C=O) groups is 2. The van der Waals surface area contributed by atoms with Crippen LogP contribution in [0.2, 0.25) is 0 Å². The molecule has 6 nitrogen and oxygen atoms in total. The summed E-state index contributed by atoms with van der Waals surface area (Å²) in [6.07, 6.45) is 6.67. The summed E-state index contributed by atoms with van der Waals surface area (Å²) >= 11 is 1.40. The Hall–Kier alpha value is -2.54. The molecule has 0 bridgehead atoms. The van der Waals surface area contributed by atoms with E-state index >= 15 is 0 Å². The molecule has 1 aromatic heterocycles. The van der Waals surface area contributed by atoms with Gasteiger partial charge in [0.15, 0.2) is 5.16 Å². The van der Waals surface area contributed by atoms with Gasteiger partial charge in [-0.25, -0.2) is 9.78 Å². The van der Waals surface area contributed by atoms with Crippen molar-refractivity contribution in [1.29, 1.82) is 0 Å². The second kappa shape index (κ2) is 9.68. The predicted octanol–water partition coefficient (Wildman–Crippen LogP) is 3.21. The lowest BCUT2D eigenvalue weighted by Crippen LogP contribution is -2.14. The molecule has 0 spiro atoms. The topological polar surface area (TPSA) is 73.2 Å². The number of aromatic nitrogens is 2. The summed E-state index contributed by atoms with van der Waals surface area (Å²) < 4.78 is 6.81. The summed E-state index contributed by atoms with van der Waals surface area (Å²) in [7, 11) is 0. The number of nitrogens with one attached hydrogen (secondary N) is 1. The Labute approximate surface area is 151 Å². The third-order valence-electron chi connectivity index (χ3n) is 3.24. The maximum atomic E-state index is 12.0. The molecule has 132 valence electrons. The number of hydrogen-bond donors (Lipinski definition) is 1. The molecule has 0 aliphatic carbocycles. The zero-order chi connectivity index (χ0) is 18.1. The second-order valence-electron chi connectivity index (χ2n) is 5.04. The highest BCUT2D eigenvalue weighted by Gasteiger charge is 2.07. The maximum Gasteiger partial charge on any atom is 0.330 e. The van der Waals surface area contributed by atoms with Gasteiger partial charge < -0.3 is 14.6 Å². The van der Waals surface area contributed by atoms with E-state index < -0.39 is 0 Å². The predicted molar refractivity (Wildman–Crippen MR) is 99.4 cm³/mol. The van der Waals surface area contributed by atoms with Crippen molar-refractivity contribution in [1.82, 2.24) is 9.55 Å². The number of imidazole rings is 1. The van der Waals surface area contributed by atoms with Crippen molar-refractivity contribution in [2.75, 3.05) is 17.7 Å². The van der Waals surface area contributed by atoms with Crippen LogP contribution in [-0.4, -0.2) is 33.8 Å². The first-order valence-electron chi connectivity index (χ1n) is 8.01. The van der Waals surface area contributed by atoms with Crippen molar-refractivity contribution < 1.29 is 14.3 Å². The minimum Gasteiger partial charge on any atom is -0.463 e. The molecule has 0 unspecified atom stereocenters. The summed E-state index contributed by atoms with van der Waals surface area (Å²) in [5, 5.41) is 3.67. The van der Waals surface area contributed by atoms with Gasteiger partial charge in [-0.1, -0.05) is 23.9 Å². The van der Waals surface area contributed by atoms with E-state index in [1.807, 2.05) is 29.8 Å². The molecule has 0 atom stereocenters. The number of rotatable bonds is 8. The standard InChI is InChI=1S/C18H21N3O3S/c1-3-21-12-11-19-18(21)25-13-16(22)20-15-8-5-14(6-9-15)7-10-17(23)24-4-2/h5-12H,3-4,13H2,1-2H3,(H,20,22)/b10-7+. The van der Waals surface area contributed by atoms with Gasteiger partial charge in [-0.15, -0.1) is 0 Å². The first-order valence-corrected chi connectivity index (χ1v) is 8.99. The number of esters is 1. The van der Waals surface area contributed by atoms with E-state index in [2.05, 4.69) is 10.3 Å². The Balaban J connectivity index is 1.84. The Kier molecular flexibility index (Phi) is 7.28. The zero-order valence-electron chi connectivity index (χ0n) is 14.3. The number of hydrogen-bond acceptors (Lipinski definition) is 5. The number of benzene rings is 1. The SMILES string of the molecule is CCOC(=O)/C=C/c1ccc(NC(=O)CSc2nccn2CC)cc1. The molecule has 25 heavy (non-hydrogen) atoms. The molecule has 0 fully saturated rings. The van der Waals surface area contributed by atoms with Crippen LogP contribution in [0.15, 0.2) is 47.9 Å². The Morgan fingerprint density at radius 3 is 2.72 bits per heavy atom. The van der Waals surface area contributed by atoms with Crippen molar-refractivity contribution in [3.8, 4) is 0 Å². The van der Waals surface area contributed by atoms with Gasteiger partial charge in [-0.2, -0.15) is 0 Å². The van der Waals surface area contributed by atoms with Crippen molar-refractivity contribution in [2.24, 2.45) is 0 Å². The van der Waals surface area contributed by atoms with Crippen LogP contribution in [-0.2, 0) is 20.9 Å². The molecule has 2 rings (SSSR count). The van der Waals surface area contributed by atoms with Gasteiger partial charge in [0.05, 0.1) is 12.4 Å². The van der Waals surface area contributed by atoms with Crippen molar-refractivity contribution in [2.45, 2.75) is 25.5 Å². The molecule has 0 radical (unpaired) electrons. The highest BCUT2D eigenvalue weighted by Crippen LogP contribution is 2.17. The molecule has 0 aliphatic rings. The number of aryl methyl sites for hydroxylation is 1. The summed E-state index contributed by atoms with van der Waals surface area (Å²) in [6.45, 7) is 4.97. The first kappa shape index (κ1) is 18.8. The third-order valence-corrected chi connectivity index (χ3v) is 4.25. The second-order valence-corrected chi connectivity index (χ2v) is 5.98. The van der Waals surface area contributed by atoms with Gasteiger partial charge in [0, 0.05) is 30.7 Å². The average molecular weight is 359 g/mol. The minimum absolute atomic E-state index is 0.0922. The van der Waals surface area contributed by atoms with Gasteiger partial charge in [0.25, 0.3) is 0 Å². The van der Waals surface area contributed by atoms with Crippen LogP contribution in [0.5, 0.6) is 0 Å². The summed E-state index contributed by atoms with van der Waals surface area (Å²) in [4.78, 5) is 27.5.